The van der Waals surface area contributed by atoms with Gasteiger partial charge < -0.3 is 16.2 Å². The fourth-order valence-electron chi connectivity index (χ4n) is 1.98. The highest BCUT2D eigenvalue weighted by atomic mass is 19.2. The lowest BCUT2D eigenvalue weighted by molar-refractivity contribution is 0.0515. The molecule has 0 heterocycles. The standard InChI is InChI=1S/C13H20F2N2O/c1-8(2)6-13(3,18)7-17-12-10(16)5-4-9(14)11(12)15/h4-5,8,17-18H,6-7,16H2,1-3H3. The molecule has 0 bridgehead atoms. The molecule has 0 amide bonds. The molecule has 3 nitrogen and oxygen atoms in total. The van der Waals surface area contributed by atoms with Gasteiger partial charge in [0.1, 0.15) is 0 Å². The van der Waals surface area contributed by atoms with Gasteiger partial charge in [-0.1, -0.05) is 13.8 Å². The molecule has 0 aliphatic heterocycles. The SMILES string of the molecule is CC(C)CC(C)(O)CNc1c(N)ccc(F)c1F. The quantitative estimate of drug-likeness (QED) is 0.712. The number of benzene rings is 1. The lowest BCUT2D eigenvalue weighted by Gasteiger charge is -2.26. The van der Waals surface area contributed by atoms with Crippen LogP contribution >= 0.6 is 0 Å². The number of aliphatic hydroxyl groups is 1. The smallest absolute Gasteiger partial charge is 0.183 e. The second-order valence-electron chi connectivity index (χ2n) is 5.27. The minimum Gasteiger partial charge on any atom is -0.397 e. The summed E-state index contributed by atoms with van der Waals surface area (Å²) >= 11 is 0. The molecule has 5 heteroatoms. The number of hydrogen-bond acceptors (Lipinski definition) is 3. The first kappa shape index (κ1) is 14.7. The van der Waals surface area contributed by atoms with Crippen molar-refractivity contribution < 1.29 is 13.9 Å². The Morgan fingerprint density at radius 2 is 2.00 bits per heavy atom. The Labute approximate surface area is 106 Å². The lowest BCUT2D eigenvalue weighted by Crippen LogP contribution is -2.35. The van der Waals surface area contributed by atoms with E-state index in [1.54, 1.807) is 6.92 Å². The third-order valence-electron chi connectivity index (χ3n) is 2.62. The molecule has 1 aromatic carbocycles. The third kappa shape index (κ3) is 3.84. The average Bonchev–Trinajstić information content (AvgIpc) is 2.22. The topological polar surface area (TPSA) is 58.3 Å². The number of nitrogen functional groups attached to an aromatic ring is 1. The molecule has 0 aliphatic rings. The fraction of sp³-hybridized carbons (Fsp3) is 0.538. The monoisotopic (exact) mass is 258 g/mol. The third-order valence-corrected chi connectivity index (χ3v) is 2.62. The van der Waals surface area contributed by atoms with Crippen molar-refractivity contribution in [3.63, 3.8) is 0 Å². The zero-order chi connectivity index (χ0) is 13.9. The molecule has 0 radical (unpaired) electrons. The maximum atomic E-state index is 13.5. The van der Waals surface area contributed by atoms with E-state index in [9.17, 15) is 13.9 Å². The Kier molecular flexibility index (Phi) is 4.51. The number of halogens is 2. The van der Waals surface area contributed by atoms with Crippen LogP contribution in [-0.4, -0.2) is 17.3 Å². The number of anilines is 2. The van der Waals surface area contributed by atoms with Crippen LogP contribution in [0, 0.1) is 17.6 Å². The Bertz CT molecular complexity index is 420. The van der Waals surface area contributed by atoms with Gasteiger partial charge in [0, 0.05) is 6.54 Å². The maximum Gasteiger partial charge on any atom is 0.183 e. The van der Waals surface area contributed by atoms with Gasteiger partial charge in [-0.25, -0.2) is 8.78 Å². The molecule has 1 atom stereocenters. The van der Waals surface area contributed by atoms with E-state index in [1.165, 1.54) is 6.07 Å². The highest BCUT2D eigenvalue weighted by Crippen LogP contribution is 2.26. The summed E-state index contributed by atoms with van der Waals surface area (Å²) in [5.41, 5.74) is 4.59. The van der Waals surface area contributed by atoms with Crippen LogP contribution in [0.5, 0.6) is 0 Å². The van der Waals surface area contributed by atoms with Gasteiger partial charge in [-0.15, -0.1) is 0 Å². The minimum atomic E-state index is -1.02. The van der Waals surface area contributed by atoms with Crippen molar-refractivity contribution >= 4 is 11.4 Å². The molecule has 102 valence electrons. The van der Waals surface area contributed by atoms with E-state index in [-0.39, 0.29) is 17.9 Å². The molecule has 4 N–H and O–H groups in total. The normalized spacial score (nSPS) is 14.6. The number of nitrogens with one attached hydrogen (secondary N) is 1. The Hall–Kier alpha value is -1.36. The molecule has 0 saturated heterocycles. The van der Waals surface area contributed by atoms with E-state index in [0.717, 1.165) is 6.07 Å². The molecule has 0 aliphatic carbocycles. The highest BCUT2D eigenvalue weighted by molar-refractivity contribution is 5.66. The number of nitrogens with two attached hydrogens (primary N) is 1. The van der Waals surface area contributed by atoms with Gasteiger partial charge in [0.05, 0.1) is 17.0 Å². The predicted octanol–water partition coefficient (Wildman–Crippen LogP) is 2.76. The Morgan fingerprint density at radius 1 is 1.39 bits per heavy atom. The minimum absolute atomic E-state index is 0.0981. The van der Waals surface area contributed by atoms with Crippen molar-refractivity contribution in [3.05, 3.63) is 23.8 Å². The van der Waals surface area contributed by atoms with Crippen molar-refractivity contribution in [2.75, 3.05) is 17.6 Å². The summed E-state index contributed by atoms with van der Waals surface area (Å²) in [5, 5.41) is 12.8. The van der Waals surface area contributed by atoms with Gasteiger partial charge in [0.25, 0.3) is 0 Å². The van der Waals surface area contributed by atoms with Crippen LogP contribution in [-0.2, 0) is 0 Å². The summed E-state index contributed by atoms with van der Waals surface area (Å²) in [4.78, 5) is 0. The Morgan fingerprint density at radius 3 is 2.56 bits per heavy atom. The van der Waals surface area contributed by atoms with Gasteiger partial charge in [0.15, 0.2) is 11.6 Å². The Balaban J connectivity index is 2.78. The molecule has 0 spiro atoms. The molecule has 18 heavy (non-hydrogen) atoms. The van der Waals surface area contributed by atoms with Crippen LogP contribution in [0.3, 0.4) is 0 Å². The summed E-state index contributed by atoms with van der Waals surface area (Å²) in [6.07, 6.45) is 0.552. The molecule has 0 aromatic heterocycles. The molecular formula is C13H20F2N2O. The molecule has 1 aromatic rings. The second kappa shape index (κ2) is 5.52. The van der Waals surface area contributed by atoms with Crippen molar-refractivity contribution in [3.8, 4) is 0 Å². The van der Waals surface area contributed by atoms with Crippen molar-refractivity contribution in [2.24, 2.45) is 5.92 Å². The van der Waals surface area contributed by atoms with Crippen LogP contribution < -0.4 is 11.1 Å². The molecular weight excluding hydrogens is 238 g/mol. The van der Waals surface area contributed by atoms with Crippen LogP contribution in [0.15, 0.2) is 12.1 Å². The first-order valence-electron chi connectivity index (χ1n) is 5.92. The van der Waals surface area contributed by atoms with Gasteiger partial charge in [-0.2, -0.15) is 0 Å². The van der Waals surface area contributed by atoms with Crippen LogP contribution in [0.1, 0.15) is 27.2 Å². The summed E-state index contributed by atoms with van der Waals surface area (Å²) < 4.78 is 26.6. The van der Waals surface area contributed by atoms with E-state index in [4.69, 9.17) is 5.73 Å². The van der Waals surface area contributed by atoms with E-state index in [2.05, 4.69) is 5.32 Å². The predicted molar refractivity (Wildman–Crippen MR) is 69.3 cm³/mol. The average molecular weight is 258 g/mol. The fourth-order valence-corrected chi connectivity index (χ4v) is 1.98. The summed E-state index contributed by atoms with van der Waals surface area (Å²) in [7, 11) is 0. The summed E-state index contributed by atoms with van der Waals surface area (Å²) in [5.74, 6) is -1.68. The zero-order valence-corrected chi connectivity index (χ0v) is 10.9. The van der Waals surface area contributed by atoms with E-state index < -0.39 is 17.2 Å². The lowest BCUT2D eigenvalue weighted by atomic mass is 9.94. The van der Waals surface area contributed by atoms with Crippen molar-refractivity contribution in [1.82, 2.24) is 0 Å². The van der Waals surface area contributed by atoms with Gasteiger partial charge in [-0.3, -0.25) is 0 Å². The first-order chi connectivity index (χ1) is 8.23. The zero-order valence-electron chi connectivity index (χ0n) is 10.9. The van der Waals surface area contributed by atoms with Crippen LogP contribution in [0.2, 0.25) is 0 Å². The second-order valence-corrected chi connectivity index (χ2v) is 5.27. The molecule has 1 rings (SSSR count). The maximum absolute atomic E-state index is 13.5. The summed E-state index contributed by atoms with van der Waals surface area (Å²) in [6, 6.07) is 2.26. The van der Waals surface area contributed by atoms with Gasteiger partial charge >= 0.3 is 0 Å². The van der Waals surface area contributed by atoms with E-state index in [1.807, 2.05) is 13.8 Å². The van der Waals surface area contributed by atoms with Crippen molar-refractivity contribution in [1.29, 1.82) is 0 Å². The highest BCUT2D eigenvalue weighted by Gasteiger charge is 2.23. The summed E-state index contributed by atoms with van der Waals surface area (Å²) in [6.45, 7) is 5.71. The van der Waals surface area contributed by atoms with Gasteiger partial charge in [0.2, 0.25) is 0 Å². The largest absolute Gasteiger partial charge is 0.397 e. The van der Waals surface area contributed by atoms with E-state index in [0.29, 0.717) is 12.3 Å². The molecule has 0 saturated carbocycles. The first-order valence-corrected chi connectivity index (χ1v) is 5.92. The van der Waals surface area contributed by atoms with E-state index >= 15 is 0 Å². The van der Waals surface area contributed by atoms with Crippen LogP contribution in [0.4, 0.5) is 20.2 Å². The molecule has 1 unspecified atom stereocenters. The van der Waals surface area contributed by atoms with Gasteiger partial charge in [-0.05, 0) is 31.4 Å². The molecule has 0 fully saturated rings. The number of hydrogen-bond donors (Lipinski definition) is 3. The van der Waals surface area contributed by atoms with Crippen LogP contribution in [0.25, 0.3) is 0 Å². The van der Waals surface area contributed by atoms with Crippen molar-refractivity contribution in [2.45, 2.75) is 32.8 Å². The number of rotatable bonds is 5.